The van der Waals surface area contributed by atoms with E-state index in [4.69, 9.17) is 5.73 Å². The van der Waals surface area contributed by atoms with Crippen LogP contribution in [0.2, 0.25) is 0 Å². The van der Waals surface area contributed by atoms with Crippen LogP contribution in [0.15, 0.2) is 12.4 Å². The molecular formula is C11H15N5. The molecule has 0 aliphatic carbocycles. The van der Waals surface area contributed by atoms with Crippen LogP contribution in [0.3, 0.4) is 0 Å². The monoisotopic (exact) mass is 217 g/mol. The molecule has 0 saturated heterocycles. The maximum Gasteiger partial charge on any atom is 0.195 e. The largest absolute Gasteiger partial charge is 0.396 e. The second-order valence-corrected chi connectivity index (χ2v) is 4.09. The zero-order chi connectivity index (χ0) is 11.7. The van der Waals surface area contributed by atoms with E-state index in [2.05, 4.69) is 33.8 Å². The van der Waals surface area contributed by atoms with Crippen LogP contribution in [0, 0.1) is 6.92 Å². The van der Waals surface area contributed by atoms with Gasteiger partial charge in [0.05, 0.1) is 23.8 Å². The lowest BCUT2D eigenvalue weighted by Crippen LogP contribution is -1.94. The highest BCUT2D eigenvalue weighted by molar-refractivity contribution is 5.47. The van der Waals surface area contributed by atoms with E-state index in [1.54, 1.807) is 12.4 Å². The molecule has 2 heterocycles. The van der Waals surface area contributed by atoms with Gasteiger partial charge in [0.2, 0.25) is 0 Å². The molecule has 3 N–H and O–H groups in total. The first-order valence-electron chi connectivity index (χ1n) is 5.22. The first-order valence-corrected chi connectivity index (χ1v) is 5.22. The van der Waals surface area contributed by atoms with Crippen LogP contribution in [0.25, 0.3) is 11.6 Å². The van der Waals surface area contributed by atoms with Gasteiger partial charge < -0.3 is 10.7 Å². The van der Waals surface area contributed by atoms with Crippen molar-refractivity contribution >= 4 is 5.69 Å². The molecule has 0 radical (unpaired) electrons. The van der Waals surface area contributed by atoms with E-state index in [9.17, 15) is 0 Å². The Balaban J connectivity index is 2.41. The molecule has 0 spiro atoms. The van der Waals surface area contributed by atoms with Crippen molar-refractivity contribution in [3.8, 4) is 11.6 Å². The van der Waals surface area contributed by atoms with Crippen LogP contribution in [0.4, 0.5) is 5.69 Å². The molecule has 84 valence electrons. The van der Waals surface area contributed by atoms with Crippen molar-refractivity contribution in [1.29, 1.82) is 0 Å². The molecule has 5 heteroatoms. The van der Waals surface area contributed by atoms with Crippen LogP contribution in [-0.2, 0) is 0 Å². The minimum absolute atomic E-state index is 0.388. The Morgan fingerprint density at radius 2 is 1.88 bits per heavy atom. The second kappa shape index (κ2) is 3.92. The number of aryl methyl sites for hydroxylation is 1. The third-order valence-electron chi connectivity index (χ3n) is 2.35. The second-order valence-electron chi connectivity index (χ2n) is 4.09. The molecule has 5 nitrogen and oxygen atoms in total. The van der Waals surface area contributed by atoms with Crippen LogP contribution < -0.4 is 5.73 Å². The van der Waals surface area contributed by atoms with E-state index in [1.165, 1.54) is 0 Å². The normalized spacial score (nSPS) is 11.0. The number of aromatic nitrogens is 4. The topological polar surface area (TPSA) is 80.5 Å². The molecule has 0 unspecified atom stereocenters. The Morgan fingerprint density at radius 3 is 2.38 bits per heavy atom. The van der Waals surface area contributed by atoms with Gasteiger partial charge in [0.1, 0.15) is 0 Å². The summed E-state index contributed by atoms with van der Waals surface area (Å²) in [6.45, 7) is 6.22. The van der Waals surface area contributed by atoms with Crippen molar-refractivity contribution in [3.63, 3.8) is 0 Å². The zero-order valence-corrected chi connectivity index (χ0v) is 9.65. The quantitative estimate of drug-likeness (QED) is 0.804. The van der Waals surface area contributed by atoms with Gasteiger partial charge in [0.15, 0.2) is 11.6 Å². The van der Waals surface area contributed by atoms with Gasteiger partial charge in [0.25, 0.3) is 0 Å². The summed E-state index contributed by atoms with van der Waals surface area (Å²) in [4.78, 5) is 15.9. The minimum atomic E-state index is 0.388. The maximum atomic E-state index is 5.53. The third-order valence-corrected chi connectivity index (χ3v) is 2.35. The molecule has 0 atom stereocenters. The summed E-state index contributed by atoms with van der Waals surface area (Å²) in [5.74, 6) is 1.66. The smallest absolute Gasteiger partial charge is 0.195 e. The molecule has 2 aromatic heterocycles. The van der Waals surface area contributed by atoms with E-state index in [1.807, 2.05) is 6.92 Å². The van der Waals surface area contributed by atoms with E-state index in [-0.39, 0.29) is 0 Å². The van der Waals surface area contributed by atoms with Gasteiger partial charge in [-0.05, 0) is 12.8 Å². The Labute approximate surface area is 94.2 Å². The van der Waals surface area contributed by atoms with Crippen LogP contribution in [0.1, 0.15) is 31.2 Å². The van der Waals surface area contributed by atoms with Crippen LogP contribution in [-0.4, -0.2) is 19.9 Å². The predicted molar refractivity (Wildman–Crippen MR) is 62.9 cm³/mol. The average molecular weight is 217 g/mol. The van der Waals surface area contributed by atoms with Gasteiger partial charge in [-0.25, -0.2) is 15.0 Å². The number of nitrogens with two attached hydrogens (primary N) is 1. The fourth-order valence-electron chi connectivity index (χ4n) is 1.60. The van der Waals surface area contributed by atoms with Gasteiger partial charge in [-0.2, -0.15) is 0 Å². The summed E-state index contributed by atoms with van der Waals surface area (Å²) < 4.78 is 0. The number of aromatic amines is 1. The number of H-pyrrole nitrogens is 1. The number of nitrogens with zero attached hydrogens (tertiary/aromatic N) is 3. The highest BCUT2D eigenvalue weighted by Crippen LogP contribution is 2.20. The fourth-order valence-corrected chi connectivity index (χ4v) is 1.60. The number of hydrogen-bond donors (Lipinski definition) is 2. The van der Waals surface area contributed by atoms with Crippen LogP contribution >= 0.6 is 0 Å². The van der Waals surface area contributed by atoms with Gasteiger partial charge >= 0.3 is 0 Å². The fraction of sp³-hybridized carbons (Fsp3) is 0.364. The zero-order valence-electron chi connectivity index (χ0n) is 9.65. The molecule has 0 aromatic carbocycles. The lowest BCUT2D eigenvalue weighted by Gasteiger charge is -1.99. The molecule has 2 aromatic rings. The van der Waals surface area contributed by atoms with E-state index < -0.39 is 0 Å². The van der Waals surface area contributed by atoms with Crippen molar-refractivity contribution in [2.45, 2.75) is 26.7 Å². The van der Waals surface area contributed by atoms with Crippen LogP contribution in [0.5, 0.6) is 0 Å². The van der Waals surface area contributed by atoms with Gasteiger partial charge in [-0.15, -0.1) is 0 Å². The summed E-state index contributed by atoms with van der Waals surface area (Å²) in [5, 5.41) is 0. The van der Waals surface area contributed by atoms with Crippen molar-refractivity contribution in [3.05, 3.63) is 23.8 Å². The van der Waals surface area contributed by atoms with E-state index in [0.29, 0.717) is 23.3 Å². The summed E-state index contributed by atoms with van der Waals surface area (Å²) in [7, 11) is 0. The molecular weight excluding hydrogens is 202 g/mol. The van der Waals surface area contributed by atoms with E-state index >= 15 is 0 Å². The highest BCUT2D eigenvalue weighted by atomic mass is 15.0. The Morgan fingerprint density at radius 1 is 1.25 bits per heavy atom. The average Bonchev–Trinajstić information content (AvgIpc) is 2.61. The Hall–Kier alpha value is -1.91. The number of nitrogens with one attached hydrogen (secondary N) is 1. The number of imidazole rings is 1. The van der Waals surface area contributed by atoms with Gasteiger partial charge in [-0.3, -0.25) is 0 Å². The summed E-state index contributed by atoms with van der Waals surface area (Å²) in [6.07, 6.45) is 3.16. The summed E-state index contributed by atoms with van der Waals surface area (Å²) in [6, 6.07) is 0. The molecule has 0 saturated carbocycles. The standard InChI is InChI=1S/C11H15N5/c1-6(2)9-7(3)15-11(16-9)10-13-4-8(12)5-14-10/h4-6H,12H2,1-3H3,(H,15,16). The summed E-state index contributed by atoms with van der Waals surface area (Å²) >= 11 is 0. The highest BCUT2D eigenvalue weighted by Gasteiger charge is 2.12. The molecule has 0 bridgehead atoms. The molecule has 0 fully saturated rings. The van der Waals surface area contributed by atoms with Crippen molar-refractivity contribution in [2.75, 3.05) is 5.73 Å². The van der Waals surface area contributed by atoms with E-state index in [0.717, 1.165) is 11.4 Å². The molecule has 16 heavy (non-hydrogen) atoms. The first kappa shape index (κ1) is 10.6. The SMILES string of the molecule is Cc1[nH]c(-c2ncc(N)cn2)nc1C(C)C. The van der Waals surface area contributed by atoms with Crippen molar-refractivity contribution < 1.29 is 0 Å². The summed E-state index contributed by atoms with van der Waals surface area (Å²) in [5.41, 5.74) is 8.20. The molecule has 0 aliphatic heterocycles. The predicted octanol–water partition coefficient (Wildman–Crippen LogP) is 1.88. The Kier molecular flexibility index (Phi) is 2.60. The number of rotatable bonds is 2. The lowest BCUT2D eigenvalue weighted by atomic mass is 10.1. The third kappa shape index (κ3) is 1.88. The number of anilines is 1. The molecule has 0 amide bonds. The molecule has 2 rings (SSSR count). The molecule has 0 aliphatic rings. The lowest BCUT2D eigenvalue weighted by molar-refractivity contribution is 0.822. The number of nitrogen functional groups attached to an aromatic ring is 1. The van der Waals surface area contributed by atoms with Crippen molar-refractivity contribution in [2.24, 2.45) is 0 Å². The first-order chi connectivity index (χ1) is 7.58. The van der Waals surface area contributed by atoms with Gasteiger partial charge in [-0.1, -0.05) is 13.8 Å². The minimum Gasteiger partial charge on any atom is -0.396 e. The number of hydrogen-bond acceptors (Lipinski definition) is 4. The van der Waals surface area contributed by atoms with Gasteiger partial charge in [0, 0.05) is 5.69 Å². The van der Waals surface area contributed by atoms with Crippen molar-refractivity contribution in [1.82, 2.24) is 19.9 Å². The maximum absolute atomic E-state index is 5.53. The Bertz CT molecular complexity index is 484.